The molecule has 1 atom stereocenters. The Labute approximate surface area is 203 Å². The molecule has 0 spiro atoms. The first-order valence-corrected chi connectivity index (χ1v) is 12.3. The number of amidine groups is 1. The van der Waals surface area contributed by atoms with Crippen LogP contribution in [0.1, 0.15) is 63.0 Å². The van der Waals surface area contributed by atoms with Gasteiger partial charge in [0.05, 0.1) is 43.1 Å². The maximum atomic E-state index is 13.0. The maximum absolute atomic E-state index is 13.0. The summed E-state index contributed by atoms with van der Waals surface area (Å²) in [6.45, 7) is 8.51. The van der Waals surface area contributed by atoms with Crippen LogP contribution in [0.3, 0.4) is 0 Å². The van der Waals surface area contributed by atoms with Gasteiger partial charge in [0, 0.05) is 5.70 Å². The van der Waals surface area contributed by atoms with Crippen LogP contribution in [-0.4, -0.2) is 28.6 Å². The van der Waals surface area contributed by atoms with E-state index in [1.54, 1.807) is 19.3 Å². The molecule has 3 heterocycles. The van der Waals surface area contributed by atoms with Gasteiger partial charge in [-0.05, 0) is 48.4 Å². The zero-order chi connectivity index (χ0) is 24.2. The van der Waals surface area contributed by atoms with Crippen molar-refractivity contribution in [2.75, 3.05) is 6.61 Å². The first kappa shape index (κ1) is 23.9. The molecule has 8 heteroatoms. The van der Waals surface area contributed by atoms with E-state index in [4.69, 9.17) is 9.15 Å². The molecule has 0 aliphatic carbocycles. The highest BCUT2D eigenvalue weighted by atomic mass is 32.2. The second-order valence-corrected chi connectivity index (χ2v) is 9.30. The molecule has 7 nitrogen and oxygen atoms in total. The van der Waals surface area contributed by atoms with Crippen LogP contribution in [0.15, 0.2) is 74.4 Å². The zero-order valence-corrected chi connectivity index (χ0v) is 20.6. The number of benzene rings is 1. The van der Waals surface area contributed by atoms with Crippen molar-refractivity contribution >= 4 is 28.8 Å². The first-order chi connectivity index (χ1) is 16.4. The Bertz CT molecular complexity index is 1150. The van der Waals surface area contributed by atoms with Crippen LogP contribution >= 0.6 is 11.8 Å². The lowest BCUT2D eigenvalue weighted by atomic mass is 9.92. The van der Waals surface area contributed by atoms with E-state index in [1.807, 2.05) is 35.4 Å². The van der Waals surface area contributed by atoms with Crippen LogP contribution in [0.2, 0.25) is 0 Å². The molecule has 2 aliphatic rings. The number of nitrogens with one attached hydrogen (secondary N) is 1. The smallest absolute Gasteiger partial charge is 0.338 e. The Morgan fingerprint density at radius 3 is 2.65 bits per heavy atom. The second kappa shape index (κ2) is 10.3. The number of carbonyl (C=O) groups is 2. The summed E-state index contributed by atoms with van der Waals surface area (Å²) in [7, 11) is 0. The SMILES string of the molecule is CCOC(=O)C1=C(C)N=C2SC=C(CC(=O)NCc3ccco3)N2C1c1ccc(C(C)C)cc1. The summed E-state index contributed by atoms with van der Waals surface area (Å²) >= 11 is 1.46. The summed E-state index contributed by atoms with van der Waals surface area (Å²) in [6, 6.07) is 11.5. The Kier molecular flexibility index (Phi) is 7.26. The summed E-state index contributed by atoms with van der Waals surface area (Å²) in [5.41, 5.74) is 4.08. The summed E-state index contributed by atoms with van der Waals surface area (Å²) < 4.78 is 10.7. The van der Waals surface area contributed by atoms with E-state index in [0.717, 1.165) is 16.4 Å². The highest BCUT2D eigenvalue weighted by Crippen LogP contribution is 2.45. The van der Waals surface area contributed by atoms with E-state index in [9.17, 15) is 9.59 Å². The van der Waals surface area contributed by atoms with Crippen LogP contribution in [-0.2, 0) is 20.9 Å². The molecular formula is C26H29N3O4S. The predicted octanol–water partition coefficient (Wildman–Crippen LogP) is 5.25. The van der Waals surface area contributed by atoms with Crippen molar-refractivity contribution in [2.45, 2.75) is 52.6 Å². The molecule has 4 rings (SSSR count). The van der Waals surface area contributed by atoms with E-state index < -0.39 is 6.04 Å². The molecule has 1 amide bonds. The van der Waals surface area contributed by atoms with E-state index in [0.29, 0.717) is 29.5 Å². The van der Waals surface area contributed by atoms with E-state index >= 15 is 0 Å². The second-order valence-electron chi connectivity index (χ2n) is 8.47. The first-order valence-electron chi connectivity index (χ1n) is 11.4. The fourth-order valence-corrected chi connectivity index (χ4v) is 5.01. The van der Waals surface area contributed by atoms with Crippen molar-refractivity contribution in [1.82, 2.24) is 10.2 Å². The summed E-state index contributed by atoms with van der Waals surface area (Å²) in [5.74, 6) is 0.561. The molecule has 34 heavy (non-hydrogen) atoms. The topological polar surface area (TPSA) is 84.1 Å². The molecule has 1 unspecified atom stereocenters. The van der Waals surface area contributed by atoms with Gasteiger partial charge in [-0.15, -0.1) is 0 Å². The number of furan rings is 1. The summed E-state index contributed by atoms with van der Waals surface area (Å²) in [5, 5.41) is 5.57. The number of amides is 1. The van der Waals surface area contributed by atoms with Gasteiger partial charge >= 0.3 is 5.97 Å². The molecule has 0 saturated carbocycles. The number of rotatable bonds is 8. The number of ether oxygens (including phenoxy) is 1. The van der Waals surface area contributed by atoms with Crippen LogP contribution in [0.4, 0.5) is 0 Å². The fourth-order valence-electron chi connectivity index (χ4n) is 4.04. The molecule has 1 N–H and O–H groups in total. The minimum absolute atomic E-state index is 0.137. The highest BCUT2D eigenvalue weighted by molar-refractivity contribution is 8.16. The third-order valence-electron chi connectivity index (χ3n) is 5.80. The number of esters is 1. The largest absolute Gasteiger partial charge is 0.467 e. The zero-order valence-electron chi connectivity index (χ0n) is 19.8. The molecule has 0 bridgehead atoms. The van der Waals surface area contributed by atoms with Crippen molar-refractivity contribution in [1.29, 1.82) is 0 Å². The number of carbonyl (C=O) groups excluding carboxylic acids is 2. The van der Waals surface area contributed by atoms with Gasteiger partial charge in [0.1, 0.15) is 5.76 Å². The molecular weight excluding hydrogens is 450 g/mol. The molecule has 2 aromatic rings. The van der Waals surface area contributed by atoms with Gasteiger partial charge in [-0.1, -0.05) is 49.9 Å². The summed E-state index contributed by atoms with van der Waals surface area (Å²) in [6.07, 6.45) is 1.73. The number of hydrogen-bond donors (Lipinski definition) is 1. The van der Waals surface area contributed by atoms with Crippen molar-refractivity contribution in [3.8, 4) is 0 Å². The Balaban J connectivity index is 1.63. The van der Waals surface area contributed by atoms with Gasteiger partial charge < -0.3 is 19.4 Å². The molecule has 178 valence electrons. The highest BCUT2D eigenvalue weighted by Gasteiger charge is 2.41. The molecule has 0 saturated heterocycles. The maximum Gasteiger partial charge on any atom is 0.338 e. The van der Waals surface area contributed by atoms with Crippen LogP contribution in [0.25, 0.3) is 0 Å². The number of thioether (sulfide) groups is 1. The molecule has 1 aromatic heterocycles. The lowest BCUT2D eigenvalue weighted by Gasteiger charge is -2.36. The average molecular weight is 480 g/mol. The Hall–Kier alpha value is -3.26. The third kappa shape index (κ3) is 4.97. The van der Waals surface area contributed by atoms with Crippen LogP contribution in [0.5, 0.6) is 0 Å². The van der Waals surface area contributed by atoms with Crippen LogP contribution < -0.4 is 5.32 Å². The molecule has 0 radical (unpaired) electrons. The minimum atomic E-state index is -0.424. The van der Waals surface area contributed by atoms with Gasteiger partial charge in [0.2, 0.25) is 5.91 Å². The number of allylic oxidation sites excluding steroid dienone is 1. The predicted molar refractivity (Wildman–Crippen MR) is 133 cm³/mol. The van der Waals surface area contributed by atoms with Gasteiger partial charge in [-0.2, -0.15) is 0 Å². The van der Waals surface area contributed by atoms with Crippen molar-refractivity contribution in [3.05, 3.63) is 81.9 Å². The van der Waals surface area contributed by atoms with Gasteiger partial charge in [-0.25, -0.2) is 9.79 Å². The number of nitrogens with zero attached hydrogens (tertiary/aromatic N) is 2. The standard InChI is InChI=1S/C26H29N3O4S/c1-5-32-25(31)23-17(4)28-26-29(24(23)19-10-8-18(9-11-19)16(2)3)20(15-34-26)13-22(30)27-14-21-7-6-12-33-21/h6-12,15-16,24H,5,13-14H2,1-4H3,(H,27,30). The molecule has 1 aromatic carbocycles. The van der Waals surface area contributed by atoms with Gasteiger partial charge in [-0.3, -0.25) is 4.79 Å². The normalized spacial score (nSPS) is 17.4. The third-order valence-corrected chi connectivity index (χ3v) is 6.69. The van der Waals surface area contributed by atoms with E-state index in [2.05, 4.69) is 36.3 Å². The van der Waals surface area contributed by atoms with E-state index in [1.165, 1.54) is 17.3 Å². The summed E-state index contributed by atoms with van der Waals surface area (Å²) in [4.78, 5) is 32.4. The fraction of sp³-hybridized carbons (Fsp3) is 0.346. The quantitative estimate of drug-likeness (QED) is 0.521. The number of hydrogen-bond acceptors (Lipinski definition) is 7. The van der Waals surface area contributed by atoms with Crippen molar-refractivity contribution < 1.29 is 18.7 Å². The van der Waals surface area contributed by atoms with Gasteiger partial charge in [0.15, 0.2) is 5.17 Å². The average Bonchev–Trinajstić information content (AvgIpc) is 3.47. The number of fused-ring (bicyclic) bond motifs is 1. The lowest BCUT2D eigenvalue weighted by Crippen LogP contribution is -2.38. The van der Waals surface area contributed by atoms with Gasteiger partial charge in [0.25, 0.3) is 0 Å². The Morgan fingerprint density at radius 2 is 2.00 bits per heavy atom. The number of aliphatic imine (C=N–C) groups is 1. The van der Waals surface area contributed by atoms with Crippen molar-refractivity contribution in [3.63, 3.8) is 0 Å². The molecule has 0 fully saturated rings. The van der Waals surface area contributed by atoms with Crippen molar-refractivity contribution in [2.24, 2.45) is 4.99 Å². The monoisotopic (exact) mass is 479 g/mol. The Morgan fingerprint density at radius 1 is 1.24 bits per heavy atom. The van der Waals surface area contributed by atoms with Crippen LogP contribution in [0, 0.1) is 0 Å². The molecule has 2 aliphatic heterocycles. The minimum Gasteiger partial charge on any atom is -0.467 e. The van der Waals surface area contributed by atoms with E-state index in [-0.39, 0.29) is 24.9 Å². The lowest BCUT2D eigenvalue weighted by molar-refractivity contribution is -0.139.